The summed E-state index contributed by atoms with van der Waals surface area (Å²) in [6.07, 6.45) is 7.65. The lowest BCUT2D eigenvalue weighted by atomic mass is 9.85. The largest absolute Gasteiger partial charge is 0.872 e. The van der Waals surface area contributed by atoms with Crippen LogP contribution in [-0.4, -0.2) is 41.2 Å². The predicted octanol–water partition coefficient (Wildman–Crippen LogP) is 1.60. The Balaban J connectivity index is 1.56. The first-order valence-corrected chi connectivity index (χ1v) is 10.1. The van der Waals surface area contributed by atoms with E-state index in [1.165, 1.54) is 81.4 Å². The number of rotatable bonds is 4. The molecule has 3 atom stereocenters. The molecule has 0 aromatic heterocycles. The van der Waals surface area contributed by atoms with Gasteiger partial charge in [0.15, 0.2) is 5.17 Å². The summed E-state index contributed by atoms with van der Waals surface area (Å²) >= 11 is 1.41. The first-order chi connectivity index (χ1) is 12.5. The standard InChI is InChI=1S/C18H24N4O3S/c19-18(20-11-14-10-15(22(24)25)6-7-17(14)23)26-12-13-4-3-9-21-8-2-1-5-16(13)21/h6-7,10-11,13,16,19,23H,1-5,8-9,12H2/t13-,16+/m0/s1. The van der Waals surface area contributed by atoms with Gasteiger partial charge in [-0.2, -0.15) is 0 Å². The molecule has 3 rings (SSSR count). The van der Waals surface area contributed by atoms with Crippen LogP contribution in [0.1, 0.15) is 37.7 Å². The Kier molecular flexibility index (Phi) is 6.26. The minimum absolute atomic E-state index is 0.144. The number of nitro benzene ring substituents is 1. The molecule has 140 valence electrons. The number of thioether (sulfide) groups is 1. The fourth-order valence-electron chi connectivity index (χ4n) is 4.08. The van der Waals surface area contributed by atoms with Crippen LogP contribution in [0.15, 0.2) is 23.2 Å². The lowest BCUT2D eigenvalue weighted by Crippen LogP contribution is -3.18. The third-order valence-corrected chi connectivity index (χ3v) is 6.36. The smallest absolute Gasteiger partial charge is 0.270 e. The summed E-state index contributed by atoms with van der Waals surface area (Å²) < 4.78 is 0. The highest BCUT2D eigenvalue weighted by atomic mass is 32.2. The summed E-state index contributed by atoms with van der Waals surface area (Å²) in [5.74, 6) is 1.17. The number of hydrogen-bond donors (Lipinski definition) is 2. The van der Waals surface area contributed by atoms with Crippen molar-refractivity contribution in [1.82, 2.24) is 0 Å². The second kappa shape index (κ2) is 8.64. The number of piperidine rings is 2. The highest BCUT2D eigenvalue weighted by Crippen LogP contribution is 2.25. The second-order valence-corrected chi connectivity index (χ2v) is 8.03. The van der Waals surface area contributed by atoms with E-state index >= 15 is 0 Å². The zero-order valence-corrected chi connectivity index (χ0v) is 15.5. The summed E-state index contributed by atoms with van der Waals surface area (Å²) in [5.41, 5.74) is -0.00193. The van der Waals surface area contributed by atoms with Crippen molar-refractivity contribution in [3.8, 4) is 5.75 Å². The molecule has 8 heteroatoms. The number of aliphatic imine (C=N–C) groups is 1. The molecular weight excluding hydrogens is 352 g/mol. The molecule has 0 aliphatic carbocycles. The number of nitrogens with zero attached hydrogens (tertiary/aromatic N) is 2. The molecule has 2 saturated heterocycles. The van der Waals surface area contributed by atoms with Gasteiger partial charge in [0.1, 0.15) is 0 Å². The Labute approximate surface area is 157 Å². The molecule has 1 aromatic carbocycles. The van der Waals surface area contributed by atoms with E-state index < -0.39 is 4.92 Å². The van der Waals surface area contributed by atoms with Gasteiger partial charge in [-0.3, -0.25) is 15.5 Å². The van der Waals surface area contributed by atoms with E-state index in [2.05, 4.69) is 4.99 Å². The van der Waals surface area contributed by atoms with E-state index in [-0.39, 0.29) is 22.2 Å². The van der Waals surface area contributed by atoms with Crippen LogP contribution in [0.2, 0.25) is 0 Å². The number of nitro groups is 1. The summed E-state index contributed by atoms with van der Waals surface area (Å²) in [6.45, 7) is 2.56. The Morgan fingerprint density at radius 1 is 1.35 bits per heavy atom. The molecule has 7 nitrogen and oxygen atoms in total. The van der Waals surface area contributed by atoms with Crippen molar-refractivity contribution in [1.29, 1.82) is 5.41 Å². The van der Waals surface area contributed by atoms with Gasteiger partial charge in [-0.05, 0) is 37.7 Å². The maximum atomic E-state index is 11.8. The third-order valence-electron chi connectivity index (χ3n) is 5.39. The van der Waals surface area contributed by atoms with Gasteiger partial charge < -0.3 is 10.0 Å². The summed E-state index contributed by atoms with van der Waals surface area (Å²) in [4.78, 5) is 16.0. The number of amidine groups is 1. The minimum atomic E-state index is -0.543. The van der Waals surface area contributed by atoms with Crippen LogP contribution in [0.5, 0.6) is 5.75 Å². The molecule has 0 saturated carbocycles. The molecule has 2 aliphatic heterocycles. The second-order valence-electron chi connectivity index (χ2n) is 7.02. The predicted molar refractivity (Wildman–Crippen MR) is 101 cm³/mol. The quantitative estimate of drug-likeness (QED) is 0.360. The molecule has 26 heavy (non-hydrogen) atoms. The normalized spacial score (nSPS) is 25.8. The van der Waals surface area contributed by atoms with E-state index in [0.717, 1.165) is 5.75 Å². The van der Waals surface area contributed by atoms with Crippen LogP contribution in [0.3, 0.4) is 0 Å². The van der Waals surface area contributed by atoms with Crippen LogP contribution < -0.4 is 10.0 Å². The summed E-state index contributed by atoms with van der Waals surface area (Å²) in [6, 6.07) is 4.26. The van der Waals surface area contributed by atoms with Gasteiger partial charge in [0, 0.05) is 30.0 Å². The number of non-ortho nitro benzene ring substituents is 1. The summed E-state index contributed by atoms with van der Waals surface area (Å²) in [5, 5.41) is 30.8. The van der Waals surface area contributed by atoms with E-state index in [9.17, 15) is 15.2 Å². The van der Waals surface area contributed by atoms with E-state index in [4.69, 9.17) is 5.41 Å². The molecule has 0 radical (unpaired) electrons. The Hall–Kier alpha value is -1.93. The topological polar surface area (TPSA) is 107 Å². The molecule has 0 amide bonds. The number of hydrogen-bond acceptors (Lipinski definition) is 5. The zero-order valence-electron chi connectivity index (χ0n) is 14.6. The molecule has 2 fully saturated rings. The SMILES string of the molecule is N=C(N=Cc1cc([N+](=O)[O-])ccc1[O-])SC[C@@H]1CCC[NH+]2CCCC[C@H]12. The Bertz CT molecular complexity index is 708. The maximum Gasteiger partial charge on any atom is 0.270 e. The van der Waals surface area contributed by atoms with E-state index in [1.54, 1.807) is 4.90 Å². The molecule has 0 spiro atoms. The first kappa shape index (κ1) is 18.8. The molecule has 0 bridgehead atoms. The van der Waals surface area contributed by atoms with Crippen molar-refractivity contribution in [2.45, 2.75) is 38.1 Å². The lowest BCUT2D eigenvalue weighted by Gasteiger charge is -2.41. The summed E-state index contributed by atoms with van der Waals surface area (Å²) in [7, 11) is 0. The van der Waals surface area contributed by atoms with Crippen molar-refractivity contribution in [2.75, 3.05) is 18.8 Å². The molecule has 2 N–H and O–H groups in total. The van der Waals surface area contributed by atoms with Gasteiger partial charge in [-0.1, -0.05) is 23.6 Å². The van der Waals surface area contributed by atoms with Gasteiger partial charge >= 0.3 is 0 Å². The number of fused-ring (bicyclic) bond motifs is 1. The minimum Gasteiger partial charge on any atom is -0.872 e. The van der Waals surface area contributed by atoms with Crippen molar-refractivity contribution < 1.29 is 14.9 Å². The molecule has 2 heterocycles. The van der Waals surface area contributed by atoms with Crippen LogP contribution >= 0.6 is 11.8 Å². The highest BCUT2D eigenvalue weighted by Gasteiger charge is 2.36. The number of benzene rings is 1. The van der Waals surface area contributed by atoms with Gasteiger partial charge in [0.2, 0.25) is 0 Å². The van der Waals surface area contributed by atoms with Gasteiger partial charge in [-0.15, -0.1) is 0 Å². The Morgan fingerprint density at radius 3 is 2.96 bits per heavy atom. The molecular formula is C18H24N4O3S. The van der Waals surface area contributed by atoms with Crippen molar-refractivity contribution >= 4 is 28.8 Å². The zero-order chi connectivity index (χ0) is 18.5. The van der Waals surface area contributed by atoms with Crippen LogP contribution in [0.4, 0.5) is 5.69 Å². The molecule has 2 aliphatic rings. The van der Waals surface area contributed by atoms with Crippen molar-refractivity contribution in [3.05, 3.63) is 33.9 Å². The lowest BCUT2D eigenvalue weighted by molar-refractivity contribution is -0.939. The Morgan fingerprint density at radius 2 is 2.15 bits per heavy atom. The first-order valence-electron chi connectivity index (χ1n) is 9.10. The van der Waals surface area contributed by atoms with Gasteiger partial charge in [-0.25, -0.2) is 4.99 Å². The average molecular weight is 376 g/mol. The van der Waals surface area contributed by atoms with E-state index in [1.807, 2.05) is 0 Å². The van der Waals surface area contributed by atoms with Gasteiger partial charge in [0.05, 0.1) is 24.1 Å². The van der Waals surface area contributed by atoms with Gasteiger partial charge in [0.25, 0.3) is 5.69 Å². The third kappa shape index (κ3) is 4.62. The maximum absolute atomic E-state index is 11.8. The fraction of sp³-hybridized carbons (Fsp3) is 0.556. The highest BCUT2D eigenvalue weighted by molar-refractivity contribution is 8.13. The van der Waals surface area contributed by atoms with Crippen LogP contribution in [0.25, 0.3) is 0 Å². The van der Waals surface area contributed by atoms with Crippen molar-refractivity contribution in [3.63, 3.8) is 0 Å². The monoisotopic (exact) mass is 376 g/mol. The van der Waals surface area contributed by atoms with Crippen LogP contribution in [-0.2, 0) is 0 Å². The van der Waals surface area contributed by atoms with E-state index in [0.29, 0.717) is 12.0 Å². The van der Waals surface area contributed by atoms with Crippen molar-refractivity contribution in [2.24, 2.45) is 10.9 Å². The molecule has 1 unspecified atom stereocenters. The number of nitrogens with one attached hydrogen (secondary N) is 2. The fourth-order valence-corrected chi connectivity index (χ4v) is 4.98. The average Bonchev–Trinajstić information content (AvgIpc) is 2.65. The van der Waals surface area contributed by atoms with Crippen LogP contribution in [0, 0.1) is 21.4 Å². The number of quaternary nitrogens is 1. The molecule has 1 aromatic rings.